The van der Waals surface area contributed by atoms with Gasteiger partial charge >= 0.3 is 5.97 Å². The quantitative estimate of drug-likeness (QED) is 0.889. The number of hydrogen-bond acceptors (Lipinski definition) is 4. The summed E-state index contributed by atoms with van der Waals surface area (Å²) in [6.45, 7) is 0. The molecular weight excluding hydrogens is 302 g/mol. The summed E-state index contributed by atoms with van der Waals surface area (Å²) in [4.78, 5) is 25.9. The van der Waals surface area contributed by atoms with E-state index in [2.05, 4.69) is 10.3 Å². The second kappa shape index (κ2) is 6.40. The summed E-state index contributed by atoms with van der Waals surface area (Å²) < 4.78 is 26.0. The van der Waals surface area contributed by atoms with Gasteiger partial charge in [0.05, 0.1) is 12.1 Å². The largest absolute Gasteiger partial charge is 0.481 e. The highest BCUT2D eigenvalue weighted by atomic mass is 32.1. The molecule has 0 fully saturated rings. The fraction of sp³-hybridized carbons (Fsp3) is 0.154. The molecular formula is C13H10F2N2O3S. The smallest absolute Gasteiger partial charge is 0.303 e. The number of hydrogen-bond donors (Lipinski definition) is 2. The Morgan fingerprint density at radius 3 is 2.67 bits per heavy atom. The van der Waals surface area contributed by atoms with E-state index in [-0.39, 0.29) is 18.0 Å². The minimum atomic E-state index is -1.06. The van der Waals surface area contributed by atoms with Crippen LogP contribution in [0.4, 0.5) is 13.9 Å². The Bertz CT molecular complexity index is 688. The maximum Gasteiger partial charge on any atom is 0.303 e. The van der Waals surface area contributed by atoms with Crippen molar-refractivity contribution in [3.63, 3.8) is 0 Å². The molecule has 2 rings (SSSR count). The number of carbonyl (C=O) groups excluding carboxylic acids is 1. The van der Waals surface area contributed by atoms with Crippen molar-refractivity contribution in [3.05, 3.63) is 35.2 Å². The van der Waals surface area contributed by atoms with E-state index in [1.165, 1.54) is 6.07 Å². The lowest BCUT2D eigenvalue weighted by Gasteiger charge is -2.00. The molecule has 0 aliphatic carbocycles. The minimum Gasteiger partial charge on any atom is -0.481 e. The molecule has 21 heavy (non-hydrogen) atoms. The summed E-state index contributed by atoms with van der Waals surface area (Å²) in [7, 11) is 0. The summed E-state index contributed by atoms with van der Waals surface area (Å²) in [6, 6.07) is 3.39. The van der Waals surface area contributed by atoms with E-state index in [1.807, 2.05) is 0 Å². The van der Waals surface area contributed by atoms with Gasteiger partial charge < -0.3 is 10.4 Å². The first kappa shape index (κ1) is 15.0. The molecule has 8 heteroatoms. The van der Waals surface area contributed by atoms with Gasteiger partial charge in [-0.2, -0.15) is 0 Å². The van der Waals surface area contributed by atoms with Crippen LogP contribution in [0.5, 0.6) is 0 Å². The van der Waals surface area contributed by atoms with Crippen LogP contribution >= 0.6 is 11.3 Å². The number of carboxylic acids is 1. The van der Waals surface area contributed by atoms with Crippen molar-refractivity contribution in [3.8, 4) is 11.3 Å². The summed E-state index contributed by atoms with van der Waals surface area (Å²) in [5.41, 5.74) is 0.781. The minimum absolute atomic E-state index is 0.157. The molecule has 1 amide bonds. The number of aliphatic carboxylic acids is 1. The van der Waals surface area contributed by atoms with Gasteiger partial charge in [0.25, 0.3) is 0 Å². The maximum atomic E-state index is 13.1. The number of rotatable bonds is 5. The molecule has 0 saturated heterocycles. The summed E-state index contributed by atoms with van der Waals surface area (Å²) >= 11 is 1.11. The number of anilines is 1. The lowest BCUT2D eigenvalue weighted by molar-refractivity contribution is -0.138. The SMILES string of the molecule is O=C(O)CCC(=O)Nc1nc(-c2ccc(F)c(F)c2)cs1. The molecule has 0 radical (unpaired) electrons. The van der Waals surface area contributed by atoms with Crippen LogP contribution in [0.15, 0.2) is 23.6 Å². The summed E-state index contributed by atoms with van der Waals surface area (Å²) in [6.07, 6.45) is -0.428. The Morgan fingerprint density at radius 1 is 1.24 bits per heavy atom. The molecule has 1 heterocycles. The van der Waals surface area contributed by atoms with Crippen molar-refractivity contribution in [2.75, 3.05) is 5.32 Å². The standard InChI is InChI=1S/C13H10F2N2O3S/c14-8-2-1-7(5-9(8)15)10-6-21-13(16-10)17-11(18)3-4-12(19)20/h1-2,5-6H,3-4H2,(H,19,20)(H,16,17,18). The summed E-state index contributed by atoms with van der Waals surface area (Å²) in [5.74, 6) is -3.46. The number of benzene rings is 1. The average Bonchev–Trinajstić information content (AvgIpc) is 2.88. The number of carbonyl (C=O) groups is 2. The first-order valence-electron chi connectivity index (χ1n) is 5.88. The van der Waals surface area contributed by atoms with Gasteiger partial charge in [-0.3, -0.25) is 9.59 Å². The number of carboxylic acid groups (broad SMARTS) is 1. The zero-order chi connectivity index (χ0) is 15.4. The fourth-order valence-corrected chi connectivity index (χ4v) is 2.26. The summed E-state index contributed by atoms with van der Waals surface area (Å²) in [5, 5.41) is 12.8. The molecule has 0 saturated carbocycles. The molecule has 110 valence electrons. The lowest BCUT2D eigenvalue weighted by atomic mass is 10.2. The van der Waals surface area contributed by atoms with Gasteiger partial charge in [-0.25, -0.2) is 13.8 Å². The molecule has 0 atom stereocenters. The molecule has 2 aromatic rings. The van der Waals surface area contributed by atoms with Crippen LogP contribution in [-0.4, -0.2) is 22.0 Å². The highest BCUT2D eigenvalue weighted by Gasteiger charge is 2.11. The highest BCUT2D eigenvalue weighted by molar-refractivity contribution is 7.14. The van der Waals surface area contributed by atoms with E-state index >= 15 is 0 Å². The first-order valence-corrected chi connectivity index (χ1v) is 6.76. The van der Waals surface area contributed by atoms with E-state index in [0.717, 1.165) is 23.5 Å². The van der Waals surface area contributed by atoms with Crippen molar-refractivity contribution in [2.24, 2.45) is 0 Å². The van der Waals surface area contributed by atoms with Crippen LogP contribution in [0, 0.1) is 11.6 Å². The third kappa shape index (κ3) is 4.06. The second-order valence-electron chi connectivity index (χ2n) is 4.11. The first-order chi connectivity index (χ1) is 9.95. The normalized spacial score (nSPS) is 10.4. The zero-order valence-electron chi connectivity index (χ0n) is 10.6. The molecule has 0 aliphatic rings. The third-order valence-electron chi connectivity index (χ3n) is 2.53. The van der Waals surface area contributed by atoms with Crippen LogP contribution in [-0.2, 0) is 9.59 Å². The molecule has 1 aromatic heterocycles. The predicted molar refractivity (Wildman–Crippen MR) is 73.0 cm³/mol. The van der Waals surface area contributed by atoms with Gasteiger partial charge in [0.1, 0.15) is 0 Å². The van der Waals surface area contributed by atoms with E-state index in [1.54, 1.807) is 5.38 Å². The number of thiazole rings is 1. The Labute approximate surface area is 122 Å². The van der Waals surface area contributed by atoms with Gasteiger partial charge in [-0.05, 0) is 18.2 Å². The van der Waals surface area contributed by atoms with Gasteiger partial charge in [-0.1, -0.05) is 0 Å². The van der Waals surface area contributed by atoms with E-state index in [0.29, 0.717) is 11.3 Å². The predicted octanol–water partition coefficient (Wildman–Crippen LogP) is 2.89. The topological polar surface area (TPSA) is 79.3 Å². The molecule has 0 aliphatic heterocycles. The van der Waals surface area contributed by atoms with Gasteiger partial charge in [-0.15, -0.1) is 11.3 Å². The average molecular weight is 312 g/mol. The van der Waals surface area contributed by atoms with Crippen LogP contribution in [0.25, 0.3) is 11.3 Å². The molecule has 0 unspecified atom stereocenters. The second-order valence-corrected chi connectivity index (χ2v) is 4.97. The zero-order valence-corrected chi connectivity index (χ0v) is 11.4. The molecule has 2 N–H and O–H groups in total. The Kier molecular flexibility index (Phi) is 4.59. The third-order valence-corrected chi connectivity index (χ3v) is 3.29. The molecule has 0 spiro atoms. The van der Waals surface area contributed by atoms with Crippen LogP contribution < -0.4 is 5.32 Å². The Balaban J connectivity index is 2.05. The Morgan fingerprint density at radius 2 is 2.00 bits per heavy atom. The van der Waals surface area contributed by atoms with Crippen molar-refractivity contribution in [2.45, 2.75) is 12.8 Å². The van der Waals surface area contributed by atoms with Gasteiger partial charge in [0, 0.05) is 17.4 Å². The van der Waals surface area contributed by atoms with E-state index in [9.17, 15) is 18.4 Å². The highest BCUT2D eigenvalue weighted by Crippen LogP contribution is 2.26. The van der Waals surface area contributed by atoms with Crippen molar-refractivity contribution in [1.82, 2.24) is 4.98 Å². The van der Waals surface area contributed by atoms with Crippen molar-refractivity contribution < 1.29 is 23.5 Å². The molecule has 0 bridgehead atoms. The number of halogens is 2. The van der Waals surface area contributed by atoms with Gasteiger partial charge in [0.2, 0.25) is 5.91 Å². The number of amides is 1. The van der Waals surface area contributed by atoms with Crippen LogP contribution in [0.1, 0.15) is 12.8 Å². The van der Waals surface area contributed by atoms with Crippen molar-refractivity contribution in [1.29, 1.82) is 0 Å². The monoisotopic (exact) mass is 312 g/mol. The van der Waals surface area contributed by atoms with E-state index < -0.39 is 23.5 Å². The maximum absolute atomic E-state index is 13.1. The van der Waals surface area contributed by atoms with E-state index in [4.69, 9.17) is 5.11 Å². The number of nitrogens with zero attached hydrogens (tertiary/aromatic N) is 1. The molecule has 1 aromatic carbocycles. The number of nitrogens with one attached hydrogen (secondary N) is 1. The number of aromatic nitrogens is 1. The Hall–Kier alpha value is -2.35. The van der Waals surface area contributed by atoms with Gasteiger partial charge in [0.15, 0.2) is 16.8 Å². The van der Waals surface area contributed by atoms with Crippen LogP contribution in [0.3, 0.4) is 0 Å². The van der Waals surface area contributed by atoms with Crippen LogP contribution in [0.2, 0.25) is 0 Å². The lowest BCUT2D eigenvalue weighted by Crippen LogP contribution is -2.12. The fourth-order valence-electron chi connectivity index (χ4n) is 1.52. The molecule has 5 nitrogen and oxygen atoms in total. The van der Waals surface area contributed by atoms with Crippen molar-refractivity contribution >= 4 is 28.3 Å².